The molecule has 2 unspecified atom stereocenters. The fourth-order valence-electron chi connectivity index (χ4n) is 2.45. The summed E-state index contributed by atoms with van der Waals surface area (Å²) in [6.45, 7) is 7.60. The summed E-state index contributed by atoms with van der Waals surface area (Å²) in [5.41, 5.74) is 4.00. The molecule has 1 aliphatic heterocycles. The van der Waals surface area contributed by atoms with Crippen LogP contribution in [0, 0.1) is 6.92 Å². The monoisotopic (exact) mass is 269 g/mol. The quantitative estimate of drug-likeness (QED) is 0.858. The zero-order valence-electron chi connectivity index (χ0n) is 10.7. The molecule has 0 bridgehead atoms. The van der Waals surface area contributed by atoms with E-state index in [1.54, 1.807) is 0 Å². The molecule has 17 heavy (non-hydrogen) atoms. The number of fused-ring (bicyclic) bond motifs is 1. The van der Waals surface area contributed by atoms with Crippen LogP contribution in [-0.2, 0) is 5.75 Å². The number of hydrogen-bond donors (Lipinski definition) is 1. The first kappa shape index (κ1) is 13.3. The Morgan fingerprint density at radius 1 is 1.47 bits per heavy atom. The van der Waals surface area contributed by atoms with Crippen LogP contribution in [0.15, 0.2) is 12.1 Å². The van der Waals surface area contributed by atoms with Gasteiger partial charge in [0, 0.05) is 22.1 Å². The van der Waals surface area contributed by atoms with E-state index in [1.807, 2.05) is 11.8 Å². The molecule has 94 valence electrons. The van der Waals surface area contributed by atoms with Crippen LogP contribution in [0.25, 0.3) is 0 Å². The van der Waals surface area contributed by atoms with Crippen molar-refractivity contribution in [3.63, 3.8) is 0 Å². The number of halogens is 1. The highest BCUT2D eigenvalue weighted by molar-refractivity contribution is 7.99. The van der Waals surface area contributed by atoms with Gasteiger partial charge >= 0.3 is 0 Å². The minimum atomic E-state index is 0.456. The highest BCUT2D eigenvalue weighted by atomic mass is 35.5. The molecule has 1 heterocycles. The van der Waals surface area contributed by atoms with E-state index < -0.39 is 0 Å². The Kier molecular flexibility index (Phi) is 4.40. The van der Waals surface area contributed by atoms with E-state index in [1.165, 1.54) is 23.1 Å². The molecule has 3 heteroatoms. The number of rotatable bonds is 2. The third-order valence-corrected chi connectivity index (χ3v) is 4.83. The van der Waals surface area contributed by atoms with Crippen LogP contribution in [0.5, 0.6) is 0 Å². The van der Waals surface area contributed by atoms with Gasteiger partial charge in [-0.05, 0) is 42.6 Å². The zero-order chi connectivity index (χ0) is 12.4. The maximum absolute atomic E-state index is 6.39. The minimum absolute atomic E-state index is 0.456. The summed E-state index contributed by atoms with van der Waals surface area (Å²) < 4.78 is 0. The Hall–Kier alpha value is -0.180. The van der Waals surface area contributed by atoms with Gasteiger partial charge in [0.2, 0.25) is 0 Å². The molecule has 1 nitrogen and oxygen atoms in total. The molecule has 1 aliphatic rings. The summed E-state index contributed by atoms with van der Waals surface area (Å²) in [4.78, 5) is 0. The number of aryl methyl sites for hydroxylation is 1. The molecule has 0 saturated heterocycles. The van der Waals surface area contributed by atoms with Crippen LogP contribution in [0.4, 0.5) is 0 Å². The van der Waals surface area contributed by atoms with Gasteiger partial charge in [-0.3, -0.25) is 0 Å². The van der Waals surface area contributed by atoms with E-state index in [2.05, 4.69) is 38.2 Å². The Bertz CT molecular complexity index is 405. The fourth-order valence-corrected chi connectivity index (χ4v) is 3.98. The van der Waals surface area contributed by atoms with E-state index in [4.69, 9.17) is 11.6 Å². The number of nitrogens with one attached hydrogen (secondary N) is 1. The third-order valence-electron chi connectivity index (χ3n) is 3.28. The summed E-state index contributed by atoms with van der Waals surface area (Å²) in [5, 5.41) is 5.21. The number of thioether (sulfide) groups is 1. The summed E-state index contributed by atoms with van der Waals surface area (Å²) in [6.07, 6.45) is 1.19. The van der Waals surface area contributed by atoms with Gasteiger partial charge in [-0.15, -0.1) is 0 Å². The van der Waals surface area contributed by atoms with Crippen LogP contribution < -0.4 is 5.32 Å². The van der Waals surface area contributed by atoms with E-state index in [0.717, 1.165) is 17.3 Å². The lowest BCUT2D eigenvalue weighted by Gasteiger charge is -2.21. The summed E-state index contributed by atoms with van der Waals surface area (Å²) in [6, 6.07) is 4.84. The normalized spacial score (nSPS) is 24.2. The molecular weight excluding hydrogens is 250 g/mol. The van der Waals surface area contributed by atoms with Crippen molar-refractivity contribution in [2.45, 2.75) is 44.2 Å². The second kappa shape index (κ2) is 5.64. The lowest BCUT2D eigenvalue weighted by atomic mass is 9.96. The standard InChI is InChI=1S/C14H20ClNS/c1-4-16-14-7-10(3)17-8-12-11(14)5-9(2)6-13(12)15/h5-6,10,14,16H,4,7-8H2,1-3H3. The number of benzene rings is 1. The largest absolute Gasteiger partial charge is 0.310 e. The van der Waals surface area contributed by atoms with Gasteiger partial charge in [-0.25, -0.2) is 0 Å². The lowest BCUT2D eigenvalue weighted by Crippen LogP contribution is -2.23. The topological polar surface area (TPSA) is 12.0 Å². The average Bonchev–Trinajstić information content (AvgIpc) is 2.40. The van der Waals surface area contributed by atoms with Crippen LogP contribution in [0.3, 0.4) is 0 Å². The van der Waals surface area contributed by atoms with Crippen molar-refractivity contribution in [2.75, 3.05) is 6.54 Å². The van der Waals surface area contributed by atoms with E-state index >= 15 is 0 Å². The Morgan fingerprint density at radius 2 is 2.24 bits per heavy atom. The maximum atomic E-state index is 6.39. The molecule has 0 aliphatic carbocycles. The lowest BCUT2D eigenvalue weighted by molar-refractivity contribution is 0.515. The molecule has 0 amide bonds. The van der Waals surface area contributed by atoms with Gasteiger partial charge in [0.25, 0.3) is 0 Å². The molecule has 0 saturated carbocycles. The molecule has 1 aromatic carbocycles. The van der Waals surface area contributed by atoms with Crippen molar-refractivity contribution in [3.8, 4) is 0 Å². The van der Waals surface area contributed by atoms with E-state index in [0.29, 0.717) is 11.3 Å². The molecule has 1 N–H and O–H groups in total. The van der Waals surface area contributed by atoms with Gasteiger partial charge in [0.1, 0.15) is 0 Å². The predicted octanol–water partition coefficient (Wildman–Crippen LogP) is 4.32. The van der Waals surface area contributed by atoms with Gasteiger partial charge in [-0.1, -0.05) is 31.5 Å². The summed E-state index contributed by atoms with van der Waals surface area (Å²) in [5.74, 6) is 1.04. The Balaban J connectivity index is 2.43. The fraction of sp³-hybridized carbons (Fsp3) is 0.571. The minimum Gasteiger partial charge on any atom is -0.310 e. The molecule has 0 radical (unpaired) electrons. The summed E-state index contributed by atoms with van der Waals surface area (Å²) in [7, 11) is 0. The van der Waals surface area contributed by atoms with Crippen LogP contribution in [-0.4, -0.2) is 11.8 Å². The highest BCUT2D eigenvalue weighted by Gasteiger charge is 2.23. The maximum Gasteiger partial charge on any atom is 0.0452 e. The molecule has 0 spiro atoms. The van der Waals surface area contributed by atoms with E-state index in [-0.39, 0.29) is 0 Å². The molecule has 2 atom stereocenters. The van der Waals surface area contributed by atoms with Gasteiger partial charge < -0.3 is 5.32 Å². The molecule has 2 rings (SSSR count). The van der Waals surface area contributed by atoms with Crippen molar-refractivity contribution in [2.24, 2.45) is 0 Å². The van der Waals surface area contributed by atoms with Crippen molar-refractivity contribution in [3.05, 3.63) is 33.8 Å². The predicted molar refractivity (Wildman–Crippen MR) is 78.0 cm³/mol. The highest BCUT2D eigenvalue weighted by Crippen LogP contribution is 2.38. The Morgan fingerprint density at radius 3 is 2.94 bits per heavy atom. The van der Waals surface area contributed by atoms with Crippen LogP contribution in [0.1, 0.15) is 43.0 Å². The van der Waals surface area contributed by atoms with Gasteiger partial charge in [0.15, 0.2) is 0 Å². The molecular formula is C14H20ClNS. The van der Waals surface area contributed by atoms with Gasteiger partial charge in [-0.2, -0.15) is 11.8 Å². The first-order chi connectivity index (χ1) is 8.11. The average molecular weight is 270 g/mol. The van der Waals surface area contributed by atoms with Crippen LogP contribution in [0.2, 0.25) is 5.02 Å². The third kappa shape index (κ3) is 2.98. The van der Waals surface area contributed by atoms with Crippen molar-refractivity contribution in [1.29, 1.82) is 0 Å². The summed E-state index contributed by atoms with van der Waals surface area (Å²) >= 11 is 8.40. The van der Waals surface area contributed by atoms with Crippen molar-refractivity contribution >= 4 is 23.4 Å². The van der Waals surface area contributed by atoms with Crippen molar-refractivity contribution in [1.82, 2.24) is 5.32 Å². The molecule has 0 fully saturated rings. The van der Waals surface area contributed by atoms with E-state index in [9.17, 15) is 0 Å². The smallest absolute Gasteiger partial charge is 0.0452 e. The van der Waals surface area contributed by atoms with Crippen molar-refractivity contribution < 1.29 is 0 Å². The second-order valence-corrected chi connectivity index (χ2v) is 6.62. The molecule has 0 aromatic heterocycles. The Labute approximate surface area is 113 Å². The SMILES string of the molecule is CCNC1CC(C)SCc2c(Cl)cc(C)cc21. The van der Waals surface area contributed by atoms with Gasteiger partial charge in [0.05, 0.1) is 0 Å². The first-order valence-electron chi connectivity index (χ1n) is 6.25. The van der Waals surface area contributed by atoms with Crippen LogP contribution >= 0.6 is 23.4 Å². The number of hydrogen-bond acceptors (Lipinski definition) is 2. The molecule has 1 aromatic rings. The zero-order valence-corrected chi connectivity index (χ0v) is 12.3. The first-order valence-corrected chi connectivity index (χ1v) is 7.68. The second-order valence-electron chi connectivity index (χ2n) is 4.78.